The fraction of sp³-hybridized carbons (Fsp3) is 0.333. The lowest BCUT2D eigenvalue weighted by molar-refractivity contribution is -0.159. The van der Waals surface area contributed by atoms with Crippen LogP contribution in [0.2, 0.25) is 0 Å². The second-order valence-electron chi connectivity index (χ2n) is 4.66. The smallest absolute Gasteiger partial charge is 0.303 e. The highest BCUT2D eigenvalue weighted by Crippen LogP contribution is 2.17. The molecule has 0 unspecified atom stereocenters. The zero-order chi connectivity index (χ0) is 13.8. The first kappa shape index (κ1) is 14.2. The van der Waals surface area contributed by atoms with Crippen molar-refractivity contribution >= 4 is 17.3 Å². The molecule has 0 bridgehead atoms. The number of esters is 1. The van der Waals surface area contributed by atoms with Gasteiger partial charge >= 0.3 is 5.97 Å². The number of ether oxygens (including phenoxy) is 1. The molecule has 1 aromatic carbocycles. The summed E-state index contributed by atoms with van der Waals surface area (Å²) in [6.45, 7) is 6.33. The van der Waals surface area contributed by atoms with Gasteiger partial charge in [-0.2, -0.15) is 0 Å². The van der Waals surface area contributed by atoms with E-state index in [1.54, 1.807) is 13.8 Å². The van der Waals surface area contributed by atoms with Gasteiger partial charge in [-0.3, -0.25) is 9.59 Å². The van der Waals surface area contributed by atoms with Gasteiger partial charge in [-0.15, -0.1) is 0 Å². The van der Waals surface area contributed by atoms with Gasteiger partial charge in [-0.1, -0.05) is 30.3 Å². The Labute approximate surface area is 107 Å². The predicted octanol–water partition coefficient (Wildman–Crippen LogP) is 3.00. The van der Waals surface area contributed by atoms with Crippen LogP contribution in [0.1, 0.15) is 33.3 Å². The zero-order valence-electron chi connectivity index (χ0n) is 11.2. The second kappa shape index (κ2) is 5.63. The minimum atomic E-state index is -1.12. The molecule has 18 heavy (non-hydrogen) atoms. The molecule has 0 atom stereocenters. The SMILES string of the molecule is CC(=O)OC(C)(C)C(=O)/C=C(/C)c1ccccc1. The third-order valence-corrected chi connectivity index (χ3v) is 2.57. The monoisotopic (exact) mass is 246 g/mol. The van der Waals surface area contributed by atoms with Gasteiger partial charge in [0, 0.05) is 6.92 Å². The van der Waals surface area contributed by atoms with Gasteiger partial charge < -0.3 is 4.74 Å². The third-order valence-electron chi connectivity index (χ3n) is 2.57. The lowest BCUT2D eigenvalue weighted by Crippen LogP contribution is -2.35. The summed E-state index contributed by atoms with van der Waals surface area (Å²) in [6.07, 6.45) is 1.51. The van der Waals surface area contributed by atoms with Gasteiger partial charge in [0.05, 0.1) is 0 Å². The Hall–Kier alpha value is -1.90. The van der Waals surface area contributed by atoms with Crippen LogP contribution in [-0.2, 0) is 14.3 Å². The maximum Gasteiger partial charge on any atom is 0.303 e. The first-order chi connectivity index (χ1) is 8.33. The van der Waals surface area contributed by atoms with Crippen LogP contribution in [0.4, 0.5) is 0 Å². The van der Waals surface area contributed by atoms with Crippen LogP contribution in [0.5, 0.6) is 0 Å². The van der Waals surface area contributed by atoms with Crippen molar-refractivity contribution in [3.8, 4) is 0 Å². The maximum atomic E-state index is 12.0. The Morgan fingerprint density at radius 3 is 2.17 bits per heavy atom. The molecule has 0 spiro atoms. The molecule has 0 fully saturated rings. The van der Waals surface area contributed by atoms with Crippen molar-refractivity contribution in [2.75, 3.05) is 0 Å². The van der Waals surface area contributed by atoms with E-state index in [1.165, 1.54) is 13.0 Å². The highest BCUT2D eigenvalue weighted by Gasteiger charge is 2.29. The first-order valence-electron chi connectivity index (χ1n) is 5.80. The Kier molecular flexibility index (Phi) is 4.43. The predicted molar refractivity (Wildman–Crippen MR) is 70.9 cm³/mol. The molecule has 0 saturated heterocycles. The van der Waals surface area contributed by atoms with E-state index in [0.29, 0.717) is 0 Å². The van der Waals surface area contributed by atoms with Crippen LogP contribution in [-0.4, -0.2) is 17.4 Å². The molecule has 0 aliphatic heterocycles. The van der Waals surface area contributed by atoms with Gasteiger partial charge in [0.25, 0.3) is 0 Å². The van der Waals surface area contributed by atoms with Gasteiger partial charge in [-0.25, -0.2) is 0 Å². The summed E-state index contributed by atoms with van der Waals surface area (Å²) in [5.41, 5.74) is 0.701. The molecule has 1 aromatic rings. The number of benzene rings is 1. The van der Waals surface area contributed by atoms with Crippen LogP contribution < -0.4 is 0 Å². The van der Waals surface area contributed by atoms with E-state index in [-0.39, 0.29) is 5.78 Å². The number of hydrogen-bond acceptors (Lipinski definition) is 3. The summed E-state index contributed by atoms with van der Waals surface area (Å²) in [5.74, 6) is -0.682. The number of hydrogen-bond donors (Lipinski definition) is 0. The summed E-state index contributed by atoms with van der Waals surface area (Å²) in [4.78, 5) is 23.0. The van der Waals surface area contributed by atoms with Crippen molar-refractivity contribution in [1.29, 1.82) is 0 Å². The minimum Gasteiger partial charge on any atom is -0.451 e. The molecule has 0 aliphatic rings. The van der Waals surface area contributed by atoms with Crippen molar-refractivity contribution in [2.24, 2.45) is 0 Å². The Balaban J connectivity index is 2.89. The highest BCUT2D eigenvalue weighted by molar-refractivity contribution is 6.02. The summed E-state index contributed by atoms with van der Waals surface area (Å²) >= 11 is 0. The summed E-state index contributed by atoms with van der Waals surface area (Å²) in [5, 5.41) is 0. The topological polar surface area (TPSA) is 43.4 Å². The van der Waals surface area contributed by atoms with Crippen molar-refractivity contribution in [1.82, 2.24) is 0 Å². The summed E-state index contributed by atoms with van der Waals surface area (Å²) in [6, 6.07) is 9.60. The molecule has 3 heteroatoms. The van der Waals surface area contributed by atoms with Crippen molar-refractivity contribution in [2.45, 2.75) is 33.3 Å². The standard InChI is InChI=1S/C15H18O3/c1-11(13-8-6-5-7-9-13)10-14(17)15(3,4)18-12(2)16/h5-10H,1-4H3/b11-10-. The van der Waals surface area contributed by atoms with Crippen LogP contribution in [0.3, 0.4) is 0 Å². The molecule has 0 aliphatic carbocycles. The Morgan fingerprint density at radius 1 is 1.11 bits per heavy atom. The van der Waals surface area contributed by atoms with Gasteiger partial charge in [0.2, 0.25) is 0 Å². The van der Waals surface area contributed by atoms with Crippen molar-refractivity contribution in [3.63, 3.8) is 0 Å². The van der Waals surface area contributed by atoms with E-state index >= 15 is 0 Å². The minimum absolute atomic E-state index is 0.223. The number of carbonyl (C=O) groups excluding carboxylic acids is 2. The van der Waals surface area contributed by atoms with Crippen LogP contribution in [0.25, 0.3) is 5.57 Å². The van der Waals surface area contributed by atoms with E-state index in [1.807, 2.05) is 37.3 Å². The van der Waals surface area contributed by atoms with Crippen LogP contribution in [0.15, 0.2) is 36.4 Å². The molecule has 0 aromatic heterocycles. The molecule has 0 radical (unpaired) electrons. The summed E-state index contributed by atoms with van der Waals surface area (Å²) in [7, 11) is 0. The van der Waals surface area contributed by atoms with Crippen LogP contribution >= 0.6 is 0 Å². The Bertz CT molecular complexity index is 470. The van der Waals surface area contributed by atoms with Crippen molar-refractivity contribution < 1.29 is 14.3 Å². The summed E-state index contributed by atoms with van der Waals surface area (Å²) < 4.78 is 5.00. The normalized spacial score (nSPS) is 12.1. The average Bonchev–Trinajstić information content (AvgIpc) is 2.28. The lowest BCUT2D eigenvalue weighted by atomic mass is 9.98. The molecule has 96 valence electrons. The third kappa shape index (κ3) is 3.84. The number of ketones is 1. The number of allylic oxidation sites excluding steroid dienone is 1. The molecule has 0 saturated carbocycles. The maximum absolute atomic E-state index is 12.0. The van der Waals surface area contributed by atoms with E-state index < -0.39 is 11.6 Å². The molecule has 3 nitrogen and oxygen atoms in total. The molecule has 0 amide bonds. The molecule has 0 N–H and O–H groups in total. The van der Waals surface area contributed by atoms with E-state index in [0.717, 1.165) is 11.1 Å². The quantitative estimate of drug-likeness (QED) is 0.606. The molecular formula is C15H18O3. The fourth-order valence-electron chi connectivity index (χ4n) is 1.56. The van der Waals surface area contributed by atoms with Gasteiger partial charge in [0.15, 0.2) is 11.4 Å². The molecule has 0 heterocycles. The average molecular weight is 246 g/mol. The van der Waals surface area contributed by atoms with E-state index in [9.17, 15) is 9.59 Å². The fourth-order valence-corrected chi connectivity index (χ4v) is 1.56. The molecule has 1 rings (SSSR count). The van der Waals surface area contributed by atoms with Gasteiger partial charge in [0.1, 0.15) is 0 Å². The van der Waals surface area contributed by atoms with E-state index in [4.69, 9.17) is 4.74 Å². The van der Waals surface area contributed by atoms with Crippen molar-refractivity contribution in [3.05, 3.63) is 42.0 Å². The Morgan fingerprint density at radius 2 is 1.67 bits per heavy atom. The number of rotatable bonds is 4. The first-order valence-corrected chi connectivity index (χ1v) is 5.80. The zero-order valence-corrected chi connectivity index (χ0v) is 11.2. The number of carbonyl (C=O) groups is 2. The van der Waals surface area contributed by atoms with Gasteiger partial charge in [-0.05, 0) is 38.0 Å². The van der Waals surface area contributed by atoms with Crippen LogP contribution in [0, 0.1) is 0 Å². The lowest BCUT2D eigenvalue weighted by Gasteiger charge is -2.21. The largest absolute Gasteiger partial charge is 0.451 e. The van der Waals surface area contributed by atoms with E-state index in [2.05, 4.69) is 0 Å². The second-order valence-corrected chi connectivity index (χ2v) is 4.66. The highest BCUT2D eigenvalue weighted by atomic mass is 16.6. The molecular weight excluding hydrogens is 228 g/mol.